The van der Waals surface area contributed by atoms with Crippen molar-refractivity contribution in [2.45, 2.75) is 32.7 Å². The molecule has 0 aliphatic heterocycles. The molecule has 0 aliphatic rings. The number of nitrogens with two attached hydrogens (primary N) is 1. The number of nitrogens with zero attached hydrogens (tertiary/aromatic N) is 1. The minimum Gasteiger partial charge on any atom is -0.385 e. The van der Waals surface area contributed by atoms with Gasteiger partial charge in [-0.1, -0.05) is 13.8 Å². The summed E-state index contributed by atoms with van der Waals surface area (Å²) in [6.45, 7) is 5.09. The Labute approximate surface area is 112 Å². The van der Waals surface area contributed by atoms with Gasteiger partial charge in [0.1, 0.15) is 5.56 Å². The van der Waals surface area contributed by atoms with E-state index in [4.69, 9.17) is 10.6 Å². The first-order chi connectivity index (χ1) is 9.02. The molecule has 0 aliphatic carbocycles. The summed E-state index contributed by atoms with van der Waals surface area (Å²) >= 11 is 0. The molecule has 1 aromatic heterocycles. The molecule has 1 aromatic rings. The van der Waals surface area contributed by atoms with Crippen LogP contribution in [0.4, 0.5) is 0 Å². The first-order valence-corrected chi connectivity index (χ1v) is 6.26. The Hall–Kier alpha value is -1.66. The third-order valence-electron chi connectivity index (χ3n) is 2.91. The number of nitrogen functional groups attached to an aromatic ring is 1. The maximum absolute atomic E-state index is 12.3. The second kappa shape index (κ2) is 7.06. The van der Waals surface area contributed by atoms with Gasteiger partial charge in [-0.3, -0.25) is 15.0 Å². The molecule has 0 aromatic carbocycles. The highest BCUT2D eigenvalue weighted by atomic mass is 16.5. The van der Waals surface area contributed by atoms with Gasteiger partial charge in [0.2, 0.25) is 0 Å². The second-order valence-corrected chi connectivity index (χ2v) is 4.60. The van der Waals surface area contributed by atoms with Crippen molar-refractivity contribution in [2.75, 3.05) is 13.7 Å². The zero-order valence-corrected chi connectivity index (χ0v) is 11.6. The van der Waals surface area contributed by atoms with Crippen molar-refractivity contribution in [3.8, 4) is 0 Å². The van der Waals surface area contributed by atoms with E-state index in [1.54, 1.807) is 17.7 Å². The summed E-state index contributed by atoms with van der Waals surface area (Å²) in [6.07, 6.45) is 0.712. The lowest BCUT2D eigenvalue weighted by Gasteiger charge is -2.16. The minimum atomic E-state index is -0.569. The van der Waals surface area contributed by atoms with Crippen LogP contribution in [-0.4, -0.2) is 24.2 Å². The molecule has 1 rings (SSSR count). The van der Waals surface area contributed by atoms with Gasteiger partial charge in [0.05, 0.1) is 0 Å². The Bertz CT molecular complexity index is 494. The van der Waals surface area contributed by atoms with E-state index in [0.717, 1.165) is 5.69 Å². The van der Waals surface area contributed by atoms with Crippen LogP contribution in [0.2, 0.25) is 0 Å². The van der Waals surface area contributed by atoms with E-state index < -0.39 is 5.91 Å². The molecule has 0 unspecified atom stereocenters. The summed E-state index contributed by atoms with van der Waals surface area (Å²) in [4.78, 5) is 23.8. The molecule has 6 nitrogen and oxygen atoms in total. The fourth-order valence-corrected chi connectivity index (χ4v) is 1.94. The quantitative estimate of drug-likeness (QED) is 0.342. The van der Waals surface area contributed by atoms with E-state index >= 15 is 0 Å². The van der Waals surface area contributed by atoms with E-state index in [2.05, 4.69) is 0 Å². The molecule has 0 saturated heterocycles. The molecule has 0 fully saturated rings. The van der Waals surface area contributed by atoms with Crippen molar-refractivity contribution in [1.82, 2.24) is 9.99 Å². The number of carbonyl (C=O) groups excluding carboxylic acids is 1. The topological polar surface area (TPSA) is 86.3 Å². The number of hydrogen-bond acceptors (Lipinski definition) is 4. The number of rotatable bonds is 6. The van der Waals surface area contributed by atoms with E-state index in [1.807, 2.05) is 19.3 Å². The van der Waals surface area contributed by atoms with E-state index in [1.165, 1.54) is 6.07 Å². The molecule has 19 heavy (non-hydrogen) atoms. The predicted molar refractivity (Wildman–Crippen MR) is 72.9 cm³/mol. The maximum Gasteiger partial charge on any atom is 0.270 e. The van der Waals surface area contributed by atoms with Crippen molar-refractivity contribution in [3.63, 3.8) is 0 Å². The van der Waals surface area contributed by atoms with Gasteiger partial charge in [0.25, 0.3) is 11.5 Å². The first kappa shape index (κ1) is 15.4. The second-order valence-electron chi connectivity index (χ2n) is 4.60. The molecule has 0 radical (unpaired) electrons. The Morgan fingerprint density at radius 2 is 2.16 bits per heavy atom. The third kappa shape index (κ3) is 3.65. The Balaban J connectivity index is 3.20. The largest absolute Gasteiger partial charge is 0.385 e. The molecule has 106 valence electrons. The molecule has 1 amide bonds. The van der Waals surface area contributed by atoms with Crippen LogP contribution in [-0.2, 0) is 11.3 Å². The van der Waals surface area contributed by atoms with Crippen LogP contribution in [0.5, 0.6) is 0 Å². The van der Waals surface area contributed by atoms with Gasteiger partial charge >= 0.3 is 0 Å². The van der Waals surface area contributed by atoms with E-state index in [9.17, 15) is 9.59 Å². The molecule has 0 bridgehead atoms. The average Bonchev–Trinajstić information content (AvgIpc) is 2.39. The number of nitrogens with one attached hydrogen (secondary N) is 1. The monoisotopic (exact) mass is 267 g/mol. The van der Waals surface area contributed by atoms with Crippen molar-refractivity contribution >= 4 is 5.91 Å². The lowest BCUT2D eigenvalue weighted by molar-refractivity contribution is 0.0951. The number of hydrazine groups is 1. The van der Waals surface area contributed by atoms with Crippen LogP contribution in [0, 0.1) is 0 Å². The lowest BCUT2D eigenvalue weighted by atomic mass is 10.1. The SMILES string of the molecule is COCCCn1c(C(C)C)ccc(C(=O)NN)c1=O. The van der Waals surface area contributed by atoms with Gasteiger partial charge in [-0.25, -0.2) is 5.84 Å². The van der Waals surface area contributed by atoms with Gasteiger partial charge in [-0.15, -0.1) is 0 Å². The third-order valence-corrected chi connectivity index (χ3v) is 2.91. The summed E-state index contributed by atoms with van der Waals surface area (Å²) in [6, 6.07) is 3.32. The van der Waals surface area contributed by atoms with Gasteiger partial charge in [0.15, 0.2) is 0 Å². The number of aromatic nitrogens is 1. The number of carbonyl (C=O) groups is 1. The van der Waals surface area contributed by atoms with Crippen molar-refractivity contribution in [3.05, 3.63) is 33.7 Å². The predicted octanol–water partition coefficient (Wildman–Crippen LogP) is 0.612. The van der Waals surface area contributed by atoms with Crippen LogP contribution < -0.4 is 16.8 Å². The molecular weight excluding hydrogens is 246 g/mol. The zero-order valence-electron chi connectivity index (χ0n) is 11.6. The van der Waals surface area contributed by atoms with Crippen molar-refractivity contribution in [2.24, 2.45) is 5.84 Å². The average molecular weight is 267 g/mol. The summed E-state index contributed by atoms with van der Waals surface area (Å²) in [5.41, 5.74) is 2.63. The fourth-order valence-electron chi connectivity index (χ4n) is 1.94. The molecule has 3 N–H and O–H groups in total. The molecule has 6 heteroatoms. The number of ether oxygens (including phenoxy) is 1. The Kier molecular flexibility index (Phi) is 5.72. The van der Waals surface area contributed by atoms with E-state index in [-0.39, 0.29) is 17.0 Å². The normalized spacial score (nSPS) is 10.8. The van der Waals surface area contributed by atoms with Gasteiger partial charge in [-0.05, 0) is 24.5 Å². The highest BCUT2D eigenvalue weighted by molar-refractivity contribution is 5.93. The zero-order chi connectivity index (χ0) is 14.4. The van der Waals surface area contributed by atoms with Crippen LogP contribution in [0.25, 0.3) is 0 Å². The van der Waals surface area contributed by atoms with Gasteiger partial charge < -0.3 is 9.30 Å². The first-order valence-electron chi connectivity index (χ1n) is 6.26. The molecule has 0 atom stereocenters. The van der Waals surface area contributed by atoms with E-state index in [0.29, 0.717) is 19.6 Å². The lowest BCUT2D eigenvalue weighted by Crippen LogP contribution is -2.37. The number of amides is 1. The van der Waals surface area contributed by atoms with Crippen LogP contribution in [0.15, 0.2) is 16.9 Å². The number of pyridine rings is 1. The number of methoxy groups -OCH3 is 1. The summed E-state index contributed by atoms with van der Waals surface area (Å²) < 4.78 is 6.61. The fraction of sp³-hybridized carbons (Fsp3) is 0.538. The van der Waals surface area contributed by atoms with Crippen molar-refractivity contribution in [1.29, 1.82) is 0 Å². The van der Waals surface area contributed by atoms with Crippen LogP contribution in [0.1, 0.15) is 42.2 Å². The molecule has 0 saturated carbocycles. The standard InChI is InChI=1S/C13H21N3O3/c1-9(2)11-6-5-10(12(17)15-14)13(18)16(11)7-4-8-19-3/h5-6,9H,4,7-8,14H2,1-3H3,(H,15,17). The molecule has 1 heterocycles. The smallest absolute Gasteiger partial charge is 0.270 e. The van der Waals surface area contributed by atoms with Crippen LogP contribution in [0.3, 0.4) is 0 Å². The molecular formula is C13H21N3O3. The Morgan fingerprint density at radius 1 is 1.47 bits per heavy atom. The summed E-state index contributed by atoms with van der Waals surface area (Å²) in [5.74, 6) is 4.71. The van der Waals surface area contributed by atoms with Crippen molar-refractivity contribution < 1.29 is 9.53 Å². The molecule has 0 spiro atoms. The van der Waals surface area contributed by atoms with Gasteiger partial charge in [-0.2, -0.15) is 0 Å². The minimum absolute atomic E-state index is 0.0596. The highest BCUT2D eigenvalue weighted by Gasteiger charge is 2.15. The highest BCUT2D eigenvalue weighted by Crippen LogP contribution is 2.13. The van der Waals surface area contributed by atoms with Crippen LogP contribution >= 0.6 is 0 Å². The summed E-state index contributed by atoms with van der Waals surface area (Å²) in [7, 11) is 1.62. The summed E-state index contributed by atoms with van der Waals surface area (Å²) in [5, 5.41) is 0. The maximum atomic E-state index is 12.3. The number of hydrogen-bond donors (Lipinski definition) is 2. The Morgan fingerprint density at radius 3 is 2.68 bits per heavy atom. The van der Waals surface area contributed by atoms with Gasteiger partial charge in [0, 0.05) is 26.0 Å².